The fourth-order valence-electron chi connectivity index (χ4n) is 1.96. The minimum absolute atomic E-state index is 0.0944. The zero-order chi connectivity index (χ0) is 15.4. The predicted molar refractivity (Wildman–Crippen MR) is 82.0 cm³/mol. The number of aryl methyl sites for hydroxylation is 1. The third-order valence-electron chi connectivity index (χ3n) is 2.89. The van der Waals surface area contributed by atoms with Gasteiger partial charge in [-0.05, 0) is 26.3 Å². The maximum Gasteiger partial charge on any atom is 0.167 e. The van der Waals surface area contributed by atoms with Gasteiger partial charge in [0.1, 0.15) is 0 Å². The van der Waals surface area contributed by atoms with Gasteiger partial charge in [-0.2, -0.15) is 5.10 Å². The average molecular weight is 292 g/mol. The van der Waals surface area contributed by atoms with Gasteiger partial charge >= 0.3 is 0 Å². The van der Waals surface area contributed by atoms with Gasteiger partial charge in [0.2, 0.25) is 0 Å². The van der Waals surface area contributed by atoms with Gasteiger partial charge in [0.15, 0.2) is 11.6 Å². The van der Waals surface area contributed by atoms with E-state index in [1.807, 2.05) is 31.6 Å². The number of aromatic nitrogens is 2. The molecule has 0 fully saturated rings. The first kappa shape index (κ1) is 15.2. The zero-order valence-corrected chi connectivity index (χ0v) is 12.6. The van der Waals surface area contributed by atoms with E-state index in [4.69, 9.17) is 10.5 Å². The number of nitrogen functional groups attached to an aromatic ring is 1. The fourth-order valence-corrected chi connectivity index (χ4v) is 1.96. The van der Waals surface area contributed by atoms with E-state index in [1.54, 1.807) is 12.3 Å². The summed E-state index contributed by atoms with van der Waals surface area (Å²) in [6, 6.07) is 2.87. The Balaban J connectivity index is 2.01. The second-order valence-electron chi connectivity index (χ2n) is 5.24. The number of hydrogen-bond acceptors (Lipinski definition) is 4. The number of rotatable bonds is 6. The van der Waals surface area contributed by atoms with E-state index in [2.05, 4.69) is 10.4 Å². The van der Waals surface area contributed by atoms with Crippen LogP contribution in [0.5, 0.6) is 5.75 Å². The molecule has 0 amide bonds. The van der Waals surface area contributed by atoms with Crippen LogP contribution < -0.4 is 15.8 Å². The molecule has 5 nitrogen and oxygen atoms in total. The largest absolute Gasteiger partial charge is 0.488 e. The van der Waals surface area contributed by atoms with Crippen LogP contribution in [0.2, 0.25) is 0 Å². The molecule has 1 heterocycles. The van der Waals surface area contributed by atoms with Gasteiger partial charge in [-0.1, -0.05) is 0 Å². The first-order valence-electron chi connectivity index (χ1n) is 6.94. The lowest BCUT2D eigenvalue weighted by molar-refractivity contribution is 0.231. The lowest BCUT2D eigenvalue weighted by Crippen LogP contribution is -2.13. The molecule has 3 N–H and O–H groups in total. The van der Waals surface area contributed by atoms with Gasteiger partial charge in [0.25, 0.3) is 0 Å². The van der Waals surface area contributed by atoms with Crippen molar-refractivity contribution >= 4 is 11.4 Å². The first-order chi connectivity index (χ1) is 9.95. The minimum atomic E-state index is -0.450. The highest BCUT2D eigenvalue weighted by atomic mass is 19.1. The molecule has 0 radical (unpaired) electrons. The van der Waals surface area contributed by atoms with Crippen molar-refractivity contribution in [1.29, 1.82) is 0 Å². The Hall–Kier alpha value is -2.24. The number of ether oxygens (including phenoxy) is 1. The zero-order valence-electron chi connectivity index (χ0n) is 12.6. The molecule has 114 valence electrons. The van der Waals surface area contributed by atoms with Gasteiger partial charge in [0.05, 0.1) is 30.2 Å². The average Bonchev–Trinajstić information content (AvgIpc) is 2.80. The van der Waals surface area contributed by atoms with Crippen molar-refractivity contribution in [2.45, 2.75) is 33.4 Å². The third kappa shape index (κ3) is 4.11. The number of anilines is 2. The molecule has 2 aromatic rings. The summed E-state index contributed by atoms with van der Waals surface area (Å²) in [5.74, 6) is -0.244. The van der Waals surface area contributed by atoms with Crippen LogP contribution in [0.1, 0.15) is 19.4 Å². The van der Waals surface area contributed by atoms with Crippen LogP contribution >= 0.6 is 0 Å². The highest BCUT2D eigenvalue weighted by Crippen LogP contribution is 2.28. The molecular weight excluding hydrogens is 271 g/mol. The van der Waals surface area contributed by atoms with E-state index in [1.165, 1.54) is 6.07 Å². The molecular formula is C15H21FN4O. The third-order valence-corrected chi connectivity index (χ3v) is 2.89. The minimum Gasteiger partial charge on any atom is -0.488 e. The molecule has 21 heavy (non-hydrogen) atoms. The Kier molecular flexibility index (Phi) is 4.67. The number of nitrogens with one attached hydrogen (secondary N) is 1. The Labute approximate surface area is 123 Å². The molecule has 0 saturated carbocycles. The number of hydrogen-bond donors (Lipinski definition) is 2. The van der Waals surface area contributed by atoms with Gasteiger partial charge in [0, 0.05) is 24.9 Å². The predicted octanol–water partition coefficient (Wildman–Crippen LogP) is 2.81. The van der Waals surface area contributed by atoms with Crippen molar-refractivity contribution in [1.82, 2.24) is 9.78 Å². The number of nitrogens with two attached hydrogens (primary N) is 1. The summed E-state index contributed by atoms with van der Waals surface area (Å²) >= 11 is 0. The van der Waals surface area contributed by atoms with Crippen molar-refractivity contribution in [2.24, 2.45) is 0 Å². The number of nitrogens with zero attached hydrogens (tertiary/aromatic N) is 2. The summed E-state index contributed by atoms with van der Waals surface area (Å²) < 4.78 is 21.0. The molecule has 0 aliphatic heterocycles. The van der Waals surface area contributed by atoms with Crippen LogP contribution in [-0.2, 0) is 6.54 Å². The molecule has 0 bridgehead atoms. The Morgan fingerprint density at radius 3 is 2.81 bits per heavy atom. The van der Waals surface area contributed by atoms with Crippen LogP contribution in [0, 0.1) is 12.7 Å². The van der Waals surface area contributed by atoms with Gasteiger partial charge in [-0.15, -0.1) is 0 Å². The van der Waals surface area contributed by atoms with Crippen LogP contribution in [0.3, 0.4) is 0 Å². The topological polar surface area (TPSA) is 65.1 Å². The van der Waals surface area contributed by atoms with Gasteiger partial charge in [-0.3, -0.25) is 4.68 Å². The van der Waals surface area contributed by atoms with E-state index in [-0.39, 0.29) is 11.9 Å². The van der Waals surface area contributed by atoms with Gasteiger partial charge < -0.3 is 15.8 Å². The maximum atomic E-state index is 13.7. The normalized spacial score (nSPS) is 10.9. The summed E-state index contributed by atoms with van der Waals surface area (Å²) in [6.07, 6.45) is 3.67. The van der Waals surface area contributed by atoms with E-state index in [9.17, 15) is 4.39 Å². The van der Waals surface area contributed by atoms with Crippen LogP contribution in [0.4, 0.5) is 15.8 Å². The lowest BCUT2D eigenvalue weighted by atomic mass is 10.2. The molecule has 6 heteroatoms. The van der Waals surface area contributed by atoms with Crippen molar-refractivity contribution < 1.29 is 9.13 Å². The molecule has 0 spiro atoms. The Bertz CT molecular complexity index is 610. The summed E-state index contributed by atoms with van der Waals surface area (Å²) in [6.45, 7) is 7.03. The van der Waals surface area contributed by atoms with Crippen molar-refractivity contribution in [3.05, 3.63) is 35.9 Å². The molecule has 1 aromatic carbocycles. The summed E-state index contributed by atoms with van der Waals surface area (Å²) in [4.78, 5) is 0. The van der Waals surface area contributed by atoms with Crippen molar-refractivity contribution in [3.63, 3.8) is 0 Å². The summed E-state index contributed by atoms with van der Waals surface area (Å²) in [5.41, 5.74) is 7.96. The molecule has 0 saturated heterocycles. The molecule has 1 aromatic heterocycles. The monoisotopic (exact) mass is 292 g/mol. The van der Waals surface area contributed by atoms with E-state index < -0.39 is 5.82 Å². The fraction of sp³-hybridized carbons (Fsp3) is 0.400. The number of halogens is 1. The van der Waals surface area contributed by atoms with Crippen molar-refractivity contribution in [2.75, 3.05) is 17.6 Å². The second kappa shape index (κ2) is 6.47. The molecule has 0 unspecified atom stereocenters. The summed E-state index contributed by atoms with van der Waals surface area (Å²) in [5, 5.41) is 7.38. The van der Waals surface area contributed by atoms with Crippen LogP contribution in [0.15, 0.2) is 24.5 Å². The maximum absolute atomic E-state index is 13.7. The SMILES string of the molecule is Cc1cnn(CCNc2cc(OC(C)C)c(F)cc2N)c1. The molecule has 2 rings (SSSR count). The Morgan fingerprint density at radius 2 is 2.19 bits per heavy atom. The highest BCUT2D eigenvalue weighted by molar-refractivity contribution is 5.68. The second-order valence-corrected chi connectivity index (χ2v) is 5.24. The first-order valence-corrected chi connectivity index (χ1v) is 6.94. The van der Waals surface area contributed by atoms with E-state index in [0.717, 1.165) is 5.56 Å². The van der Waals surface area contributed by atoms with Crippen LogP contribution in [0.25, 0.3) is 0 Å². The molecule has 0 aliphatic carbocycles. The molecule has 0 aliphatic rings. The van der Waals surface area contributed by atoms with Crippen molar-refractivity contribution in [3.8, 4) is 5.75 Å². The van der Waals surface area contributed by atoms with E-state index >= 15 is 0 Å². The van der Waals surface area contributed by atoms with E-state index in [0.29, 0.717) is 24.5 Å². The van der Waals surface area contributed by atoms with Crippen LogP contribution in [-0.4, -0.2) is 22.4 Å². The van der Waals surface area contributed by atoms with Gasteiger partial charge in [-0.25, -0.2) is 4.39 Å². The quantitative estimate of drug-likeness (QED) is 0.804. The standard InChI is InChI=1S/C15H21FN4O/c1-10(2)21-15-7-14(13(17)6-12(15)16)18-4-5-20-9-11(3)8-19-20/h6-10,18H,4-5,17H2,1-3H3. The highest BCUT2D eigenvalue weighted by Gasteiger charge is 2.10. The summed E-state index contributed by atoms with van der Waals surface area (Å²) in [7, 11) is 0. The smallest absolute Gasteiger partial charge is 0.167 e. The number of benzene rings is 1. The lowest BCUT2D eigenvalue weighted by Gasteiger charge is -2.15. The molecule has 0 atom stereocenters. The Morgan fingerprint density at radius 1 is 1.43 bits per heavy atom.